The molecule has 0 fully saturated rings. The van der Waals surface area contributed by atoms with Crippen LogP contribution in [0.15, 0.2) is 11.4 Å². The maximum absolute atomic E-state index is 11.7. The van der Waals surface area contributed by atoms with Crippen LogP contribution < -0.4 is 0 Å². The Labute approximate surface area is 91.2 Å². The van der Waals surface area contributed by atoms with Gasteiger partial charge in [-0.25, -0.2) is 0 Å². The number of carbonyl (C=O) groups is 2. The van der Waals surface area contributed by atoms with Gasteiger partial charge in [0, 0.05) is 0 Å². The summed E-state index contributed by atoms with van der Waals surface area (Å²) in [6.45, 7) is 1.82. The zero-order chi connectivity index (χ0) is 11.4. The van der Waals surface area contributed by atoms with E-state index in [1.54, 1.807) is 5.38 Å². The first kappa shape index (κ1) is 11.7. The van der Waals surface area contributed by atoms with Gasteiger partial charge in [0.05, 0.1) is 0 Å². The van der Waals surface area contributed by atoms with E-state index in [1.807, 2.05) is 6.92 Å². The van der Waals surface area contributed by atoms with Gasteiger partial charge in [-0.3, -0.25) is 9.59 Å². The molecule has 0 aliphatic rings. The maximum Gasteiger partial charge on any atom is 0.314 e. The predicted molar refractivity (Wildman–Crippen MR) is 56.3 cm³/mol. The van der Waals surface area contributed by atoms with Gasteiger partial charge in [0.2, 0.25) is 0 Å². The summed E-state index contributed by atoms with van der Waals surface area (Å²) in [6.07, 6.45) is 0.917. The van der Waals surface area contributed by atoms with Gasteiger partial charge in [-0.2, -0.15) is 0 Å². The van der Waals surface area contributed by atoms with Gasteiger partial charge in [-0.1, -0.05) is 13.3 Å². The normalized spacial score (nSPS) is 12.3. The zero-order valence-corrected chi connectivity index (χ0v) is 9.08. The van der Waals surface area contributed by atoms with E-state index in [-0.39, 0.29) is 10.6 Å². The lowest BCUT2D eigenvalue weighted by atomic mass is 9.97. The second kappa shape index (κ2) is 4.93. The average molecular weight is 228 g/mol. The fourth-order valence-corrected chi connectivity index (χ4v) is 2.08. The van der Waals surface area contributed by atoms with Crippen LogP contribution in [0.3, 0.4) is 0 Å². The van der Waals surface area contributed by atoms with Crippen molar-refractivity contribution >= 4 is 23.1 Å². The number of thiophene rings is 1. The highest BCUT2D eigenvalue weighted by Gasteiger charge is 2.28. The fraction of sp³-hybridized carbons (Fsp3) is 0.400. The van der Waals surface area contributed by atoms with Crippen LogP contribution in [0.2, 0.25) is 0 Å². The molecule has 82 valence electrons. The summed E-state index contributed by atoms with van der Waals surface area (Å²) >= 11 is 1.07. The number of carboxylic acids is 1. The van der Waals surface area contributed by atoms with E-state index in [0.29, 0.717) is 12.8 Å². The van der Waals surface area contributed by atoms with Crippen molar-refractivity contribution in [3.05, 3.63) is 16.3 Å². The van der Waals surface area contributed by atoms with Crippen molar-refractivity contribution in [1.82, 2.24) is 0 Å². The molecular weight excluding hydrogens is 216 g/mol. The number of rotatable bonds is 5. The zero-order valence-electron chi connectivity index (χ0n) is 8.27. The van der Waals surface area contributed by atoms with Crippen molar-refractivity contribution in [3.63, 3.8) is 0 Å². The van der Waals surface area contributed by atoms with Gasteiger partial charge >= 0.3 is 5.97 Å². The minimum absolute atomic E-state index is 0.132. The van der Waals surface area contributed by atoms with E-state index in [2.05, 4.69) is 0 Å². The Morgan fingerprint density at radius 2 is 2.20 bits per heavy atom. The molecule has 0 bridgehead atoms. The third-order valence-corrected chi connectivity index (χ3v) is 2.98. The molecule has 0 radical (unpaired) electrons. The van der Waals surface area contributed by atoms with Crippen molar-refractivity contribution in [2.45, 2.75) is 19.8 Å². The Bertz CT molecular complexity index is 369. The van der Waals surface area contributed by atoms with Crippen molar-refractivity contribution in [2.24, 2.45) is 5.92 Å². The Hall–Kier alpha value is -1.36. The molecule has 0 aromatic carbocycles. The second-order valence-corrected chi connectivity index (χ2v) is 4.09. The summed E-state index contributed by atoms with van der Waals surface area (Å²) < 4.78 is 0. The summed E-state index contributed by atoms with van der Waals surface area (Å²) in [5, 5.41) is 19.7. The number of aromatic hydroxyl groups is 1. The number of Topliss-reactive ketones (excluding diaryl/α,β-unsaturated/α-hetero) is 1. The van der Waals surface area contributed by atoms with Gasteiger partial charge in [0.1, 0.15) is 16.5 Å². The molecule has 0 aliphatic carbocycles. The van der Waals surface area contributed by atoms with Gasteiger partial charge in [0.15, 0.2) is 5.78 Å². The topological polar surface area (TPSA) is 74.6 Å². The summed E-state index contributed by atoms with van der Waals surface area (Å²) in [4.78, 5) is 22.7. The van der Waals surface area contributed by atoms with Crippen molar-refractivity contribution in [3.8, 4) is 5.75 Å². The molecule has 0 saturated heterocycles. The highest BCUT2D eigenvalue weighted by Crippen LogP contribution is 2.27. The van der Waals surface area contributed by atoms with E-state index < -0.39 is 17.7 Å². The van der Waals surface area contributed by atoms with Crippen LogP contribution in [0.25, 0.3) is 0 Å². The van der Waals surface area contributed by atoms with E-state index in [4.69, 9.17) is 5.11 Å². The van der Waals surface area contributed by atoms with Gasteiger partial charge < -0.3 is 10.2 Å². The first-order valence-corrected chi connectivity index (χ1v) is 5.49. The quantitative estimate of drug-likeness (QED) is 0.598. The maximum atomic E-state index is 11.7. The average Bonchev–Trinajstić information content (AvgIpc) is 2.59. The summed E-state index contributed by atoms with van der Waals surface area (Å²) in [5.41, 5.74) is 0. The van der Waals surface area contributed by atoms with Crippen molar-refractivity contribution in [1.29, 1.82) is 0 Å². The molecule has 1 unspecified atom stereocenters. The molecule has 1 heterocycles. The summed E-state index contributed by atoms with van der Waals surface area (Å²) in [7, 11) is 0. The van der Waals surface area contributed by atoms with Crippen LogP contribution >= 0.6 is 11.3 Å². The van der Waals surface area contributed by atoms with Crippen LogP contribution in [0, 0.1) is 5.92 Å². The molecule has 1 atom stereocenters. The molecule has 15 heavy (non-hydrogen) atoms. The van der Waals surface area contributed by atoms with E-state index in [0.717, 1.165) is 11.3 Å². The Morgan fingerprint density at radius 1 is 1.53 bits per heavy atom. The molecule has 1 aromatic rings. The Morgan fingerprint density at radius 3 is 2.60 bits per heavy atom. The molecule has 2 N–H and O–H groups in total. The minimum atomic E-state index is -1.13. The molecule has 0 spiro atoms. The number of hydrogen-bond acceptors (Lipinski definition) is 4. The van der Waals surface area contributed by atoms with Crippen LogP contribution in [-0.2, 0) is 4.79 Å². The predicted octanol–water partition coefficient (Wildman–Crippen LogP) is 2.14. The van der Waals surface area contributed by atoms with Crippen LogP contribution in [0.5, 0.6) is 5.75 Å². The first-order valence-electron chi connectivity index (χ1n) is 4.61. The number of carboxylic acid groups (broad SMARTS) is 1. The van der Waals surface area contributed by atoms with E-state index in [9.17, 15) is 14.7 Å². The fourth-order valence-electron chi connectivity index (χ4n) is 1.30. The lowest BCUT2D eigenvalue weighted by molar-refractivity contribution is -0.140. The molecular formula is C10H12O4S. The standard InChI is InChI=1S/C10H12O4S/c1-2-3-6(10(13)14)8(12)9-7(11)4-5-15-9/h4-6,11H,2-3H2,1H3,(H,13,14). The molecule has 1 rings (SSSR count). The monoisotopic (exact) mass is 228 g/mol. The van der Waals surface area contributed by atoms with Crippen LogP contribution in [0.1, 0.15) is 29.4 Å². The number of hydrogen-bond donors (Lipinski definition) is 2. The molecule has 0 saturated carbocycles. The Kier molecular flexibility index (Phi) is 3.85. The number of carbonyl (C=O) groups excluding carboxylic acids is 1. The SMILES string of the molecule is CCCC(C(=O)O)C(=O)c1sccc1O. The molecule has 0 aliphatic heterocycles. The third-order valence-electron chi connectivity index (χ3n) is 2.06. The number of ketones is 1. The molecule has 5 heteroatoms. The summed E-state index contributed by atoms with van der Waals surface area (Å²) in [5.74, 6) is -2.81. The highest BCUT2D eigenvalue weighted by molar-refractivity contribution is 7.12. The van der Waals surface area contributed by atoms with Crippen molar-refractivity contribution in [2.75, 3.05) is 0 Å². The van der Waals surface area contributed by atoms with Gasteiger partial charge in [0.25, 0.3) is 0 Å². The smallest absolute Gasteiger partial charge is 0.314 e. The lowest BCUT2D eigenvalue weighted by Gasteiger charge is -2.08. The third kappa shape index (κ3) is 2.56. The first-order chi connectivity index (χ1) is 7.07. The minimum Gasteiger partial charge on any atom is -0.506 e. The van der Waals surface area contributed by atoms with E-state index in [1.165, 1.54) is 6.07 Å². The number of aliphatic carboxylic acids is 1. The van der Waals surface area contributed by atoms with Crippen LogP contribution in [0.4, 0.5) is 0 Å². The molecule has 1 aromatic heterocycles. The van der Waals surface area contributed by atoms with E-state index >= 15 is 0 Å². The largest absolute Gasteiger partial charge is 0.506 e. The molecule has 0 amide bonds. The molecule has 4 nitrogen and oxygen atoms in total. The van der Waals surface area contributed by atoms with Crippen LogP contribution in [-0.4, -0.2) is 22.0 Å². The second-order valence-electron chi connectivity index (χ2n) is 3.18. The van der Waals surface area contributed by atoms with Crippen molar-refractivity contribution < 1.29 is 19.8 Å². The van der Waals surface area contributed by atoms with Gasteiger partial charge in [-0.05, 0) is 17.9 Å². The summed E-state index contributed by atoms with van der Waals surface area (Å²) in [6, 6.07) is 1.39. The Balaban J connectivity index is 2.91. The lowest BCUT2D eigenvalue weighted by Crippen LogP contribution is -2.23. The highest BCUT2D eigenvalue weighted by atomic mass is 32.1. The van der Waals surface area contributed by atoms with Gasteiger partial charge in [-0.15, -0.1) is 11.3 Å².